The molecule has 3 aromatic rings. The van der Waals surface area contributed by atoms with Gasteiger partial charge in [-0.05, 0) is 42.5 Å². The van der Waals surface area contributed by atoms with E-state index in [0.717, 1.165) is 11.1 Å². The number of benzene rings is 2. The number of hydrogen-bond donors (Lipinski definition) is 1. The van der Waals surface area contributed by atoms with Crippen molar-refractivity contribution in [3.63, 3.8) is 0 Å². The Kier molecular flexibility index (Phi) is 4.27. The van der Waals surface area contributed by atoms with Gasteiger partial charge in [-0.2, -0.15) is 4.98 Å². The van der Waals surface area contributed by atoms with E-state index in [2.05, 4.69) is 10.1 Å². The van der Waals surface area contributed by atoms with Gasteiger partial charge in [-0.15, -0.1) is 12.4 Å². The summed E-state index contributed by atoms with van der Waals surface area (Å²) >= 11 is 5.84. The monoisotopic (exact) mass is 307 g/mol. The van der Waals surface area contributed by atoms with Gasteiger partial charge in [0.25, 0.3) is 5.89 Å². The number of aromatic nitrogens is 2. The van der Waals surface area contributed by atoms with Crippen LogP contribution in [0.5, 0.6) is 0 Å². The van der Waals surface area contributed by atoms with Crippen molar-refractivity contribution < 1.29 is 4.52 Å². The molecule has 2 N–H and O–H groups in total. The van der Waals surface area contributed by atoms with Crippen LogP contribution in [0.15, 0.2) is 53.1 Å². The summed E-state index contributed by atoms with van der Waals surface area (Å²) in [6, 6.07) is 14.6. The fourth-order valence-electron chi connectivity index (χ4n) is 1.73. The fourth-order valence-corrected chi connectivity index (χ4v) is 1.85. The van der Waals surface area contributed by atoms with E-state index >= 15 is 0 Å². The molecule has 0 saturated carbocycles. The maximum absolute atomic E-state index is 5.84. The molecule has 0 fully saturated rings. The molecule has 1 aromatic heterocycles. The molecule has 4 nitrogen and oxygen atoms in total. The second kappa shape index (κ2) is 5.94. The highest BCUT2D eigenvalue weighted by molar-refractivity contribution is 6.30. The molecule has 0 spiro atoms. The lowest BCUT2D eigenvalue weighted by Crippen LogP contribution is -1.85. The third-order valence-electron chi connectivity index (χ3n) is 2.66. The lowest BCUT2D eigenvalue weighted by molar-refractivity contribution is 0.432. The lowest BCUT2D eigenvalue weighted by Gasteiger charge is -1.95. The minimum Gasteiger partial charge on any atom is -0.399 e. The highest BCUT2D eigenvalue weighted by Gasteiger charge is 2.10. The van der Waals surface area contributed by atoms with Crippen LogP contribution in [0.1, 0.15) is 0 Å². The molecule has 0 amide bonds. The number of nitrogens with two attached hydrogens (primary N) is 1. The molecule has 102 valence electrons. The molecule has 0 radical (unpaired) electrons. The molecule has 0 bridgehead atoms. The zero-order chi connectivity index (χ0) is 13.2. The van der Waals surface area contributed by atoms with Crippen LogP contribution in [-0.2, 0) is 0 Å². The van der Waals surface area contributed by atoms with Gasteiger partial charge in [0, 0.05) is 21.8 Å². The summed E-state index contributed by atoms with van der Waals surface area (Å²) < 4.78 is 5.24. The van der Waals surface area contributed by atoms with Crippen molar-refractivity contribution in [2.45, 2.75) is 0 Å². The van der Waals surface area contributed by atoms with Crippen LogP contribution in [0.4, 0.5) is 5.69 Å². The van der Waals surface area contributed by atoms with E-state index in [0.29, 0.717) is 22.4 Å². The van der Waals surface area contributed by atoms with Crippen molar-refractivity contribution in [1.29, 1.82) is 0 Å². The Morgan fingerprint density at radius 2 is 1.75 bits per heavy atom. The van der Waals surface area contributed by atoms with Gasteiger partial charge in [0.2, 0.25) is 5.82 Å². The topological polar surface area (TPSA) is 64.9 Å². The highest BCUT2D eigenvalue weighted by atomic mass is 35.5. The summed E-state index contributed by atoms with van der Waals surface area (Å²) in [6.07, 6.45) is 0. The van der Waals surface area contributed by atoms with Crippen LogP contribution >= 0.6 is 24.0 Å². The summed E-state index contributed by atoms with van der Waals surface area (Å²) in [7, 11) is 0. The van der Waals surface area contributed by atoms with Gasteiger partial charge in [-0.1, -0.05) is 22.8 Å². The molecule has 0 aliphatic rings. The predicted molar refractivity (Wildman–Crippen MR) is 81.8 cm³/mol. The van der Waals surface area contributed by atoms with E-state index in [1.807, 2.05) is 24.3 Å². The molecule has 0 atom stereocenters. The largest absolute Gasteiger partial charge is 0.399 e. The molecular weight excluding hydrogens is 297 g/mol. The molecule has 6 heteroatoms. The average Bonchev–Trinajstić information content (AvgIpc) is 2.89. The predicted octanol–water partition coefficient (Wildman–Crippen LogP) is 4.06. The number of halogens is 2. The van der Waals surface area contributed by atoms with Crippen LogP contribution in [0.2, 0.25) is 5.02 Å². The maximum Gasteiger partial charge on any atom is 0.258 e. The smallest absolute Gasteiger partial charge is 0.258 e. The van der Waals surface area contributed by atoms with Crippen LogP contribution in [-0.4, -0.2) is 10.1 Å². The third-order valence-corrected chi connectivity index (χ3v) is 2.91. The van der Waals surface area contributed by atoms with Crippen molar-refractivity contribution in [1.82, 2.24) is 10.1 Å². The Balaban J connectivity index is 0.00000147. The minimum absolute atomic E-state index is 0. The number of rotatable bonds is 2. The highest BCUT2D eigenvalue weighted by Crippen LogP contribution is 2.24. The standard InChI is InChI=1S/C14H10ClN3O.ClH/c15-11-6-4-9(5-7-11)13-17-14(19-18-13)10-2-1-3-12(16)8-10;/h1-8H,16H2;1H. The number of nitrogen functional groups attached to an aromatic ring is 1. The molecule has 1 heterocycles. The first kappa shape index (κ1) is 14.4. The second-order valence-corrected chi connectivity index (χ2v) is 4.49. The quantitative estimate of drug-likeness (QED) is 0.725. The first-order chi connectivity index (χ1) is 9.22. The van der Waals surface area contributed by atoms with Gasteiger partial charge in [0.15, 0.2) is 0 Å². The van der Waals surface area contributed by atoms with Crippen LogP contribution in [0.3, 0.4) is 0 Å². The zero-order valence-corrected chi connectivity index (χ0v) is 11.9. The summed E-state index contributed by atoms with van der Waals surface area (Å²) in [5.74, 6) is 0.964. The van der Waals surface area contributed by atoms with Gasteiger partial charge in [-0.25, -0.2) is 0 Å². The van der Waals surface area contributed by atoms with E-state index < -0.39 is 0 Å². The number of anilines is 1. The molecule has 3 rings (SSSR count). The number of hydrogen-bond acceptors (Lipinski definition) is 4. The first-order valence-corrected chi connectivity index (χ1v) is 6.06. The minimum atomic E-state index is 0. The Hall–Kier alpha value is -2.04. The van der Waals surface area contributed by atoms with E-state index in [9.17, 15) is 0 Å². The summed E-state index contributed by atoms with van der Waals surface area (Å²) in [5, 5.41) is 4.62. The Morgan fingerprint density at radius 3 is 2.45 bits per heavy atom. The van der Waals surface area contributed by atoms with Crippen molar-refractivity contribution in [3.8, 4) is 22.8 Å². The van der Waals surface area contributed by atoms with Crippen molar-refractivity contribution in [3.05, 3.63) is 53.6 Å². The first-order valence-electron chi connectivity index (χ1n) is 5.68. The lowest BCUT2D eigenvalue weighted by atomic mass is 10.2. The van der Waals surface area contributed by atoms with E-state index in [4.69, 9.17) is 21.9 Å². The molecule has 0 unspecified atom stereocenters. The van der Waals surface area contributed by atoms with Crippen LogP contribution < -0.4 is 5.73 Å². The normalized spacial score (nSPS) is 10.1. The van der Waals surface area contributed by atoms with E-state index in [-0.39, 0.29) is 12.4 Å². The maximum atomic E-state index is 5.84. The van der Waals surface area contributed by atoms with Gasteiger partial charge >= 0.3 is 0 Å². The van der Waals surface area contributed by atoms with E-state index in [1.165, 1.54) is 0 Å². The van der Waals surface area contributed by atoms with Gasteiger partial charge in [-0.3, -0.25) is 0 Å². The van der Waals surface area contributed by atoms with Crippen LogP contribution in [0.25, 0.3) is 22.8 Å². The van der Waals surface area contributed by atoms with Crippen molar-refractivity contribution in [2.75, 3.05) is 5.73 Å². The number of nitrogens with zero attached hydrogens (tertiary/aromatic N) is 2. The van der Waals surface area contributed by atoms with Crippen molar-refractivity contribution >= 4 is 29.7 Å². The fraction of sp³-hybridized carbons (Fsp3) is 0. The third kappa shape index (κ3) is 2.92. The molecule has 2 aromatic carbocycles. The summed E-state index contributed by atoms with van der Waals surface area (Å²) in [6.45, 7) is 0. The Labute approximate surface area is 127 Å². The SMILES string of the molecule is Cl.Nc1cccc(-c2nc(-c3ccc(Cl)cc3)no2)c1. The second-order valence-electron chi connectivity index (χ2n) is 4.06. The van der Waals surface area contributed by atoms with Gasteiger partial charge in [0.1, 0.15) is 0 Å². The van der Waals surface area contributed by atoms with Crippen molar-refractivity contribution in [2.24, 2.45) is 0 Å². The molecule has 0 aliphatic heterocycles. The molecular formula is C14H11Cl2N3O. The summed E-state index contributed by atoms with van der Waals surface area (Å²) in [5.41, 5.74) is 8.03. The Bertz CT molecular complexity index is 710. The molecule has 20 heavy (non-hydrogen) atoms. The summed E-state index contributed by atoms with van der Waals surface area (Å²) in [4.78, 5) is 4.35. The average molecular weight is 308 g/mol. The molecule has 0 saturated heterocycles. The van der Waals surface area contributed by atoms with Crippen LogP contribution in [0, 0.1) is 0 Å². The van der Waals surface area contributed by atoms with Gasteiger partial charge < -0.3 is 10.3 Å². The van der Waals surface area contributed by atoms with Gasteiger partial charge in [0.05, 0.1) is 0 Å². The molecule has 0 aliphatic carbocycles. The Morgan fingerprint density at radius 1 is 1.00 bits per heavy atom. The zero-order valence-electron chi connectivity index (χ0n) is 10.3. The van der Waals surface area contributed by atoms with E-state index in [1.54, 1.807) is 24.3 Å².